The maximum Gasteiger partial charge on any atom is 0.309 e. The molecule has 0 unspecified atom stereocenters. The Morgan fingerprint density at radius 2 is 1.89 bits per heavy atom. The van der Waals surface area contributed by atoms with E-state index in [4.69, 9.17) is 16.7 Å². The number of benzene rings is 1. The lowest BCUT2D eigenvalue weighted by atomic mass is 9.85. The average Bonchev–Trinajstić information content (AvgIpc) is 2.19. The Hall–Kier alpha value is -1.16. The van der Waals surface area contributed by atoms with Crippen molar-refractivity contribution >= 4 is 17.6 Å². The molecular weight excluding hydrogens is 262 g/mol. The van der Waals surface area contributed by atoms with Gasteiger partial charge in [0.1, 0.15) is 0 Å². The molecule has 0 fully saturated rings. The second-order valence-electron chi connectivity index (χ2n) is 5.06. The van der Waals surface area contributed by atoms with Gasteiger partial charge in [-0.25, -0.2) is 8.78 Å². The van der Waals surface area contributed by atoms with E-state index in [0.717, 1.165) is 6.92 Å². The lowest BCUT2D eigenvalue weighted by molar-refractivity contribution is -0.146. The summed E-state index contributed by atoms with van der Waals surface area (Å²) in [5.41, 5.74) is -0.610. The molecule has 0 heterocycles. The second kappa shape index (κ2) is 4.84. The molecule has 0 atom stereocenters. The van der Waals surface area contributed by atoms with Crippen molar-refractivity contribution in [2.45, 2.75) is 33.1 Å². The highest BCUT2D eigenvalue weighted by Crippen LogP contribution is 2.32. The molecule has 2 nitrogen and oxygen atoms in total. The zero-order valence-corrected chi connectivity index (χ0v) is 11.2. The van der Waals surface area contributed by atoms with Gasteiger partial charge in [-0.2, -0.15) is 0 Å². The molecule has 1 rings (SSSR count). The Balaban J connectivity index is 3.04. The van der Waals surface area contributed by atoms with E-state index < -0.39 is 17.3 Å². The summed E-state index contributed by atoms with van der Waals surface area (Å²) >= 11 is 5.92. The van der Waals surface area contributed by atoms with Crippen LogP contribution in [0.1, 0.15) is 31.9 Å². The largest absolute Gasteiger partial charge is 0.481 e. The number of carbonyl (C=O) groups is 1. The number of carboxylic acid groups (broad SMARTS) is 1. The van der Waals surface area contributed by atoms with Gasteiger partial charge in [-0.15, -0.1) is 0 Å². The van der Waals surface area contributed by atoms with Crippen LogP contribution in [0, 0.1) is 5.41 Å². The highest BCUT2D eigenvalue weighted by atomic mass is 35.5. The van der Waals surface area contributed by atoms with E-state index in [-0.39, 0.29) is 17.0 Å². The number of aliphatic carboxylic acids is 1. The van der Waals surface area contributed by atoms with Crippen LogP contribution in [-0.4, -0.2) is 11.1 Å². The Morgan fingerprint density at radius 3 is 2.28 bits per heavy atom. The second-order valence-corrected chi connectivity index (χ2v) is 5.47. The SMILES string of the molecule is CC(C)(Cc1ccc(C(C)(F)F)cc1Cl)C(=O)O. The first-order valence-corrected chi connectivity index (χ1v) is 5.82. The molecule has 0 bridgehead atoms. The van der Waals surface area contributed by atoms with Crippen LogP contribution < -0.4 is 0 Å². The molecule has 0 spiro atoms. The molecule has 0 aromatic heterocycles. The van der Waals surface area contributed by atoms with Gasteiger partial charge in [0.25, 0.3) is 5.92 Å². The summed E-state index contributed by atoms with van der Waals surface area (Å²) < 4.78 is 26.2. The first-order valence-electron chi connectivity index (χ1n) is 5.44. The highest BCUT2D eigenvalue weighted by Gasteiger charge is 2.29. The molecule has 0 aliphatic heterocycles. The maximum atomic E-state index is 13.1. The van der Waals surface area contributed by atoms with Crippen LogP contribution in [-0.2, 0) is 17.1 Å². The zero-order valence-electron chi connectivity index (χ0n) is 10.4. The van der Waals surface area contributed by atoms with Crippen LogP contribution in [0.3, 0.4) is 0 Å². The fourth-order valence-corrected chi connectivity index (χ4v) is 1.76. The van der Waals surface area contributed by atoms with E-state index in [2.05, 4.69) is 0 Å². The van der Waals surface area contributed by atoms with Crippen LogP contribution in [0.25, 0.3) is 0 Å². The van der Waals surface area contributed by atoms with Crippen molar-refractivity contribution in [3.8, 4) is 0 Å². The summed E-state index contributed by atoms with van der Waals surface area (Å²) in [6, 6.07) is 3.92. The maximum absolute atomic E-state index is 13.1. The third-order valence-corrected chi connectivity index (χ3v) is 3.12. The van der Waals surface area contributed by atoms with E-state index in [1.165, 1.54) is 18.2 Å². The lowest BCUT2D eigenvalue weighted by Crippen LogP contribution is -2.26. The number of hydrogen-bond acceptors (Lipinski definition) is 1. The predicted octanol–water partition coefficient (Wildman–Crippen LogP) is 4.11. The monoisotopic (exact) mass is 276 g/mol. The van der Waals surface area contributed by atoms with E-state index in [1.807, 2.05) is 0 Å². The summed E-state index contributed by atoms with van der Waals surface area (Å²) in [5.74, 6) is -3.91. The van der Waals surface area contributed by atoms with Crippen molar-refractivity contribution in [1.29, 1.82) is 0 Å². The normalized spacial score (nSPS) is 12.6. The highest BCUT2D eigenvalue weighted by molar-refractivity contribution is 6.31. The molecule has 5 heteroatoms. The van der Waals surface area contributed by atoms with Crippen LogP contribution in [0.2, 0.25) is 5.02 Å². The van der Waals surface area contributed by atoms with Crippen LogP contribution >= 0.6 is 11.6 Å². The smallest absolute Gasteiger partial charge is 0.309 e. The number of rotatable bonds is 4. The molecule has 18 heavy (non-hydrogen) atoms. The zero-order chi connectivity index (χ0) is 14.1. The summed E-state index contributed by atoms with van der Waals surface area (Å²) in [6.45, 7) is 3.92. The first kappa shape index (κ1) is 14.9. The number of halogens is 3. The summed E-state index contributed by atoms with van der Waals surface area (Å²) in [7, 11) is 0. The van der Waals surface area contributed by atoms with Crippen LogP contribution in [0.5, 0.6) is 0 Å². The molecular formula is C13H15ClF2O2. The molecule has 1 aromatic carbocycles. The van der Waals surface area contributed by atoms with Crippen molar-refractivity contribution < 1.29 is 18.7 Å². The quantitative estimate of drug-likeness (QED) is 0.899. The van der Waals surface area contributed by atoms with Crippen molar-refractivity contribution in [2.75, 3.05) is 0 Å². The van der Waals surface area contributed by atoms with Crippen molar-refractivity contribution in [3.63, 3.8) is 0 Å². The van der Waals surface area contributed by atoms with E-state index in [0.29, 0.717) is 5.56 Å². The molecule has 1 N–H and O–H groups in total. The van der Waals surface area contributed by atoms with Gasteiger partial charge in [0.2, 0.25) is 0 Å². The molecule has 1 aromatic rings. The number of hydrogen-bond donors (Lipinski definition) is 1. The van der Waals surface area contributed by atoms with Crippen molar-refractivity contribution in [3.05, 3.63) is 34.3 Å². The van der Waals surface area contributed by atoms with E-state index in [1.54, 1.807) is 13.8 Å². The minimum atomic E-state index is -2.95. The number of alkyl halides is 2. The third-order valence-electron chi connectivity index (χ3n) is 2.77. The average molecular weight is 277 g/mol. The van der Waals surface area contributed by atoms with Crippen molar-refractivity contribution in [2.24, 2.45) is 5.41 Å². The Labute approximate surface area is 110 Å². The minimum Gasteiger partial charge on any atom is -0.481 e. The van der Waals surface area contributed by atoms with Gasteiger partial charge in [0, 0.05) is 17.5 Å². The predicted molar refractivity (Wildman–Crippen MR) is 66.1 cm³/mol. The molecule has 0 saturated carbocycles. The molecule has 100 valence electrons. The van der Waals surface area contributed by atoms with Gasteiger partial charge in [-0.1, -0.05) is 23.7 Å². The lowest BCUT2D eigenvalue weighted by Gasteiger charge is -2.20. The summed E-state index contributed by atoms with van der Waals surface area (Å²) in [4.78, 5) is 11.0. The van der Waals surface area contributed by atoms with Gasteiger partial charge in [0.05, 0.1) is 5.41 Å². The van der Waals surface area contributed by atoms with E-state index >= 15 is 0 Å². The van der Waals surface area contributed by atoms with Crippen LogP contribution in [0.4, 0.5) is 8.78 Å². The Morgan fingerprint density at radius 1 is 1.33 bits per heavy atom. The molecule has 0 radical (unpaired) electrons. The van der Waals surface area contributed by atoms with E-state index in [9.17, 15) is 13.6 Å². The molecule has 0 aliphatic carbocycles. The standard InChI is InChI=1S/C13H15ClF2O2/c1-12(2,11(17)18)7-8-4-5-9(6-10(8)14)13(3,15)16/h4-6H,7H2,1-3H3,(H,17,18). The molecule has 0 aliphatic rings. The van der Waals surface area contributed by atoms with Gasteiger partial charge in [-0.3, -0.25) is 4.79 Å². The van der Waals surface area contributed by atoms with Gasteiger partial charge < -0.3 is 5.11 Å². The fourth-order valence-electron chi connectivity index (χ4n) is 1.52. The van der Waals surface area contributed by atoms with Gasteiger partial charge in [0.15, 0.2) is 0 Å². The molecule has 0 amide bonds. The summed E-state index contributed by atoms with van der Waals surface area (Å²) in [6.07, 6.45) is 0.191. The third kappa shape index (κ3) is 3.42. The van der Waals surface area contributed by atoms with Crippen molar-refractivity contribution in [1.82, 2.24) is 0 Å². The van der Waals surface area contributed by atoms with Crippen LogP contribution in [0.15, 0.2) is 18.2 Å². The van der Waals surface area contributed by atoms with Gasteiger partial charge >= 0.3 is 5.97 Å². The first-order chi connectivity index (χ1) is 8.04. The molecule has 0 saturated heterocycles. The Bertz CT molecular complexity index is 465. The van der Waals surface area contributed by atoms with Gasteiger partial charge in [-0.05, 0) is 31.9 Å². The number of carboxylic acids is 1. The topological polar surface area (TPSA) is 37.3 Å². The minimum absolute atomic E-state index is 0.170. The fraction of sp³-hybridized carbons (Fsp3) is 0.462. The summed E-state index contributed by atoms with van der Waals surface area (Å²) in [5, 5.41) is 9.18. The Kier molecular flexibility index (Phi) is 4.01.